The molecule has 0 spiro atoms. The highest BCUT2D eigenvalue weighted by atomic mass is 16.3. The summed E-state index contributed by atoms with van der Waals surface area (Å²) in [6.45, 7) is 1.03. The van der Waals surface area contributed by atoms with Crippen molar-refractivity contribution in [2.24, 2.45) is 0 Å². The van der Waals surface area contributed by atoms with E-state index in [4.69, 9.17) is 8.83 Å². The maximum atomic E-state index is 12.2. The van der Waals surface area contributed by atoms with Crippen molar-refractivity contribution in [3.63, 3.8) is 0 Å². The minimum absolute atomic E-state index is 0.00766. The molecule has 0 radical (unpaired) electrons. The largest absolute Gasteiger partial charge is 0.472 e. The first-order chi connectivity index (χ1) is 12.1. The van der Waals surface area contributed by atoms with Gasteiger partial charge in [0, 0.05) is 19.1 Å². The second kappa shape index (κ2) is 7.69. The van der Waals surface area contributed by atoms with E-state index in [1.54, 1.807) is 11.0 Å². The van der Waals surface area contributed by atoms with Crippen LogP contribution in [0.5, 0.6) is 0 Å². The standard InChI is InChI=1S/C17H19N3O5/c21-15(9-18-16(22)12-3-7-24-10-12)19-14-1-5-20(6-2-14)17(23)13-4-8-25-11-13/h3-4,7-8,10-11,14H,1-2,5-6,9H2,(H,18,22)(H,19,21). The van der Waals surface area contributed by atoms with Crippen LogP contribution in [0.4, 0.5) is 0 Å². The van der Waals surface area contributed by atoms with Crippen LogP contribution in [0.2, 0.25) is 0 Å². The van der Waals surface area contributed by atoms with Crippen LogP contribution in [0.1, 0.15) is 33.6 Å². The summed E-state index contributed by atoms with van der Waals surface area (Å²) in [5.74, 6) is -0.674. The Hall–Kier alpha value is -3.03. The lowest BCUT2D eigenvalue weighted by Crippen LogP contribution is -2.48. The van der Waals surface area contributed by atoms with Crippen LogP contribution in [0.15, 0.2) is 46.0 Å². The Kier molecular flexibility index (Phi) is 5.17. The highest BCUT2D eigenvalue weighted by Gasteiger charge is 2.25. The summed E-state index contributed by atoms with van der Waals surface area (Å²) in [5, 5.41) is 5.41. The van der Waals surface area contributed by atoms with Gasteiger partial charge in [0.2, 0.25) is 5.91 Å². The van der Waals surface area contributed by atoms with Crippen molar-refractivity contribution in [1.29, 1.82) is 0 Å². The monoisotopic (exact) mass is 345 g/mol. The first-order valence-corrected chi connectivity index (χ1v) is 8.04. The molecule has 132 valence electrons. The molecular formula is C17H19N3O5. The molecule has 1 aliphatic heterocycles. The van der Waals surface area contributed by atoms with Gasteiger partial charge >= 0.3 is 0 Å². The molecule has 2 N–H and O–H groups in total. The third-order valence-electron chi connectivity index (χ3n) is 4.11. The molecule has 3 amide bonds. The van der Waals surface area contributed by atoms with Crippen molar-refractivity contribution in [3.8, 4) is 0 Å². The maximum Gasteiger partial charge on any atom is 0.257 e. The Labute approximate surface area is 144 Å². The SMILES string of the molecule is O=C(CNC(=O)c1ccoc1)NC1CCN(C(=O)c2ccoc2)CC1. The van der Waals surface area contributed by atoms with Crippen molar-refractivity contribution in [2.45, 2.75) is 18.9 Å². The molecule has 8 nitrogen and oxygen atoms in total. The van der Waals surface area contributed by atoms with E-state index in [0.717, 1.165) is 0 Å². The third kappa shape index (κ3) is 4.28. The number of carbonyl (C=O) groups excluding carboxylic acids is 3. The smallest absolute Gasteiger partial charge is 0.257 e. The van der Waals surface area contributed by atoms with Crippen molar-refractivity contribution < 1.29 is 23.2 Å². The van der Waals surface area contributed by atoms with Gasteiger partial charge in [0.25, 0.3) is 11.8 Å². The average molecular weight is 345 g/mol. The molecule has 0 aromatic carbocycles. The zero-order valence-electron chi connectivity index (χ0n) is 13.6. The van der Waals surface area contributed by atoms with Crippen LogP contribution >= 0.6 is 0 Å². The number of hydrogen-bond donors (Lipinski definition) is 2. The summed E-state index contributed by atoms with van der Waals surface area (Å²) in [7, 11) is 0. The van der Waals surface area contributed by atoms with Gasteiger partial charge < -0.3 is 24.4 Å². The van der Waals surface area contributed by atoms with Crippen LogP contribution < -0.4 is 10.6 Å². The number of rotatable bonds is 5. The first-order valence-electron chi connectivity index (χ1n) is 8.04. The van der Waals surface area contributed by atoms with Gasteiger partial charge in [0.05, 0.1) is 30.2 Å². The molecular weight excluding hydrogens is 326 g/mol. The lowest BCUT2D eigenvalue weighted by Gasteiger charge is -2.32. The van der Waals surface area contributed by atoms with E-state index in [-0.39, 0.29) is 30.3 Å². The van der Waals surface area contributed by atoms with Crippen LogP contribution in [0.25, 0.3) is 0 Å². The fourth-order valence-corrected chi connectivity index (χ4v) is 2.73. The zero-order valence-corrected chi connectivity index (χ0v) is 13.6. The number of piperidine rings is 1. The molecule has 8 heteroatoms. The zero-order chi connectivity index (χ0) is 17.6. The topological polar surface area (TPSA) is 105 Å². The number of hydrogen-bond acceptors (Lipinski definition) is 5. The van der Waals surface area contributed by atoms with Crippen molar-refractivity contribution in [3.05, 3.63) is 48.3 Å². The van der Waals surface area contributed by atoms with Crippen LogP contribution in [0, 0.1) is 0 Å². The molecule has 0 atom stereocenters. The summed E-state index contributed by atoms with van der Waals surface area (Å²) in [6, 6.07) is 3.16. The van der Waals surface area contributed by atoms with Gasteiger partial charge in [-0.15, -0.1) is 0 Å². The lowest BCUT2D eigenvalue weighted by molar-refractivity contribution is -0.121. The van der Waals surface area contributed by atoms with Gasteiger partial charge in [-0.05, 0) is 25.0 Å². The van der Waals surface area contributed by atoms with Crippen molar-refractivity contribution in [2.75, 3.05) is 19.6 Å². The number of amides is 3. The molecule has 0 aliphatic carbocycles. The van der Waals surface area contributed by atoms with Gasteiger partial charge in [-0.25, -0.2) is 0 Å². The molecule has 0 saturated carbocycles. The quantitative estimate of drug-likeness (QED) is 0.842. The van der Waals surface area contributed by atoms with E-state index in [1.165, 1.54) is 31.1 Å². The molecule has 3 heterocycles. The predicted molar refractivity (Wildman–Crippen MR) is 86.8 cm³/mol. The lowest BCUT2D eigenvalue weighted by atomic mass is 10.0. The molecule has 2 aromatic heterocycles. The Morgan fingerprint density at radius 3 is 2.28 bits per heavy atom. The average Bonchev–Trinajstić information content (AvgIpc) is 3.33. The highest BCUT2D eigenvalue weighted by Crippen LogP contribution is 2.14. The summed E-state index contributed by atoms with van der Waals surface area (Å²) in [6.07, 6.45) is 6.96. The van der Waals surface area contributed by atoms with E-state index >= 15 is 0 Å². The van der Waals surface area contributed by atoms with E-state index in [1.807, 2.05) is 0 Å². The van der Waals surface area contributed by atoms with Gasteiger partial charge in [-0.1, -0.05) is 0 Å². The molecule has 1 fully saturated rings. The minimum Gasteiger partial charge on any atom is -0.472 e. The van der Waals surface area contributed by atoms with E-state index < -0.39 is 0 Å². The summed E-state index contributed by atoms with van der Waals surface area (Å²) >= 11 is 0. The normalized spacial score (nSPS) is 15.0. The Morgan fingerprint density at radius 1 is 1.04 bits per heavy atom. The van der Waals surface area contributed by atoms with Crippen molar-refractivity contribution >= 4 is 17.7 Å². The van der Waals surface area contributed by atoms with E-state index in [9.17, 15) is 14.4 Å². The highest BCUT2D eigenvalue weighted by molar-refractivity contribution is 5.96. The van der Waals surface area contributed by atoms with Gasteiger partial charge in [0.15, 0.2) is 0 Å². The second-order valence-electron chi connectivity index (χ2n) is 5.84. The van der Waals surface area contributed by atoms with Gasteiger partial charge in [-0.3, -0.25) is 14.4 Å². The number of nitrogens with zero attached hydrogens (tertiary/aromatic N) is 1. The third-order valence-corrected chi connectivity index (χ3v) is 4.11. The predicted octanol–water partition coefficient (Wildman–Crippen LogP) is 1.02. The number of nitrogens with one attached hydrogen (secondary N) is 2. The molecule has 0 bridgehead atoms. The van der Waals surface area contributed by atoms with E-state index in [2.05, 4.69) is 10.6 Å². The summed E-state index contributed by atoms with van der Waals surface area (Å²) < 4.78 is 9.75. The van der Waals surface area contributed by atoms with Crippen LogP contribution in [-0.4, -0.2) is 48.3 Å². The molecule has 0 unspecified atom stereocenters. The van der Waals surface area contributed by atoms with Crippen LogP contribution in [0.3, 0.4) is 0 Å². The van der Waals surface area contributed by atoms with Crippen LogP contribution in [-0.2, 0) is 4.79 Å². The van der Waals surface area contributed by atoms with Gasteiger partial charge in [-0.2, -0.15) is 0 Å². The second-order valence-corrected chi connectivity index (χ2v) is 5.84. The van der Waals surface area contributed by atoms with Crippen molar-refractivity contribution in [1.82, 2.24) is 15.5 Å². The molecule has 3 rings (SSSR count). The fourth-order valence-electron chi connectivity index (χ4n) is 2.73. The molecule has 2 aromatic rings. The number of carbonyl (C=O) groups is 3. The number of furan rings is 2. The molecule has 25 heavy (non-hydrogen) atoms. The van der Waals surface area contributed by atoms with E-state index in [0.29, 0.717) is 37.1 Å². The minimum atomic E-state index is -0.357. The molecule has 1 aliphatic rings. The Bertz CT molecular complexity index is 716. The fraction of sp³-hybridized carbons (Fsp3) is 0.353. The Balaban J connectivity index is 1.39. The first kappa shape index (κ1) is 16.8. The summed E-state index contributed by atoms with van der Waals surface area (Å²) in [4.78, 5) is 37.6. The molecule has 1 saturated heterocycles. The van der Waals surface area contributed by atoms with Gasteiger partial charge in [0.1, 0.15) is 12.5 Å². The Morgan fingerprint density at radius 2 is 1.68 bits per heavy atom. The maximum absolute atomic E-state index is 12.2. The number of likely N-dealkylation sites (tertiary alicyclic amines) is 1. The summed E-state index contributed by atoms with van der Waals surface area (Å²) in [5.41, 5.74) is 0.906.